The van der Waals surface area contributed by atoms with Gasteiger partial charge in [0.25, 0.3) is 0 Å². The lowest BCUT2D eigenvalue weighted by atomic mass is 9.81. The van der Waals surface area contributed by atoms with Gasteiger partial charge in [0, 0.05) is 17.2 Å². The van der Waals surface area contributed by atoms with Gasteiger partial charge in [-0.15, -0.1) is 0 Å². The highest BCUT2D eigenvalue weighted by Crippen LogP contribution is 2.47. The second-order valence-corrected chi connectivity index (χ2v) is 5.09. The first-order valence-electron chi connectivity index (χ1n) is 6.45. The number of aryl methyl sites for hydroxylation is 2. The van der Waals surface area contributed by atoms with Crippen LogP contribution >= 0.6 is 0 Å². The molecule has 0 radical (unpaired) electrons. The third kappa shape index (κ3) is 1.44. The zero-order valence-corrected chi connectivity index (χ0v) is 10.7. The number of hydrogen-bond donors (Lipinski definition) is 1. The van der Waals surface area contributed by atoms with Crippen LogP contribution in [0.5, 0.6) is 17.2 Å². The highest BCUT2D eigenvalue weighted by atomic mass is 16.5. The molecule has 1 heterocycles. The van der Waals surface area contributed by atoms with Crippen LogP contribution in [0.15, 0.2) is 24.3 Å². The van der Waals surface area contributed by atoms with Crippen LogP contribution in [-0.2, 0) is 19.4 Å². The van der Waals surface area contributed by atoms with Crippen molar-refractivity contribution >= 4 is 0 Å². The standard InChI is InChI=1S/C16H14O3/c1-18-13-5-10-3-2-9-4-12(17)7-14-16(9)15(10)11(6-13)8-19-14/h4-7,17H,2-3,8H2,1H3. The first kappa shape index (κ1) is 10.7. The van der Waals surface area contributed by atoms with Crippen molar-refractivity contribution in [1.29, 1.82) is 0 Å². The molecular weight excluding hydrogens is 240 g/mol. The number of methoxy groups -OCH3 is 1. The molecule has 3 heteroatoms. The second-order valence-electron chi connectivity index (χ2n) is 5.09. The number of aromatic hydroxyl groups is 1. The van der Waals surface area contributed by atoms with E-state index >= 15 is 0 Å². The third-order valence-corrected chi connectivity index (χ3v) is 3.98. The topological polar surface area (TPSA) is 38.7 Å². The van der Waals surface area contributed by atoms with E-state index in [1.807, 2.05) is 12.1 Å². The Morgan fingerprint density at radius 3 is 2.53 bits per heavy atom. The molecule has 1 aliphatic carbocycles. The minimum Gasteiger partial charge on any atom is -0.508 e. The number of rotatable bonds is 1. The summed E-state index contributed by atoms with van der Waals surface area (Å²) in [5.74, 6) is 1.98. The highest BCUT2D eigenvalue weighted by Gasteiger charge is 2.28. The largest absolute Gasteiger partial charge is 0.508 e. The molecule has 0 fully saturated rings. The molecule has 2 aliphatic rings. The Balaban J connectivity index is 2.05. The van der Waals surface area contributed by atoms with Crippen molar-refractivity contribution in [3.63, 3.8) is 0 Å². The normalized spacial score (nSPS) is 14.6. The van der Waals surface area contributed by atoms with Crippen LogP contribution < -0.4 is 9.47 Å². The monoisotopic (exact) mass is 254 g/mol. The molecule has 4 rings (SSSR count). The summed E-state index contributed by atoms with van der Waals surface area (Å²) in [4.78, 5) is 0. The van der Waals surface area contributed by atoms with Gasteiger partial charge in [0.2, 0.25) is 0 Å². The summed E-state index contributed by atoms with van der Waals surface area (Å²) in [6.45, 7) is 0.537. The number of hydrogen-bond acceptors (Lipinski definition) is 3. The van der Waals surface area contributed by atoms with E-state index in [0.29, 0.717) is 6.61 Å². The molecule has 0 bridgehead atoms. The molecule has 19 heavy (non-hydrogen) atoms. The summed E-state index contributed by atoms with van der Waals surface area (Å²) < 4.78 is 11.1. The van der Waals surface area contributed by atoms with Crippen molar-refractivity contribution in [2.45, 2.75) is 19.4 Å². The molecule has 0 saturated carbocycles. The molecule has 0 atom stereocenters. The highest BCUT2D eigenvalue weighted by molar-refractivity contribution is 5.83. The van der Waals surface area contributed by atoms with Crippen molar-refractivity contribution in [2.24, 2.45) is 0 Å². The first-order chi connectivity index (χ1) is 9.26. The summed E-state index contributed by atoms with van der Waals surface area (Å²) in [6.07, 6.45) is 1.91. The van der Waals surface area contributed by atoms with Crippen molar-refractivity contribution in [1.82, 2.24) is 0 Å². The fraction of sp³-hybridized carbons (Fsp3) is 0.250. The summed E-state index contributed by atoms with van der Waals surface area (Å²) in [6, 6.07) is 7.72. The van der Waals surface area contributed by atoms with Crippen LogP contribution in [0.25, 0.3) is 11.1 Å². The van der Waals surface area contributed by atoms with Crippen molar-refractivity contribution in [3.8, 4) is 28.4 Å². The van der Waals surface area contributed by atoms with Gasteiger partial charge in [-0.2, -0.15) is 0 Å². The molecule has 2 aromatic rings. The fourth-order valence-corrected chi connectivity index (χ4v) is 3.16. The van der Waals surface area contributed by atoms with Crippen LogP contribution in [0.2, 0.25) is 0 Å². The number of phenols is 1. The molecule has 0 unspecified atom stereocenters. The van der Waals surface area contributed by atoms with Crippen LogP contribution in [0.3, 0.4) is 0 Å². The lowest BCUT2D eigenvalue weighted by Crippen LogP contribution is -2.14. The average Bonchev–Trinajstić information content (AvgIpc) is 2.43. The van der Waals surface area contributed by atoms with E-state index in [-0.39, 0.29) is 5.75 Å². The summed E-state index contributed by atoms with van der Waals surface area (Å²) in [5, 5.41) is 9.75. The Bertz CT molecular complexity index is 638. The van der Waals surface area contributed by atoms with E-state index in [1.165, 1.54) is 22.3 Å². The zero-order chi connectivity index (χ0) is 13.0. The van der Waals surface area contributed by atoms with Gasteiger partial charge in [-0.3, -0.25) is 0 Å². The second kappa shape index (κ2) is 3.67. The molecule has 0 saturated heterocycles. The van der Waals surface area contributed by atoms with Crippen molar-refractivity contribution in [2.75, 3.05) is 7.11 Å². The summed E-state index contributed by atoms with van der Waals surface area (Å²) in [7, 11) is 1.69. The van der Waals surface area contributed by atoms with Gasteiger partial charge in [-0.1, -0.05) is 0 Å². The average molecular weight is 254 g/mol. The van der Waals surface area contributed by atoms with Crippen LogP contribution in [0.1, 0.15) is 16.7 Å². The van der Waals surface area contributed by atoms with Crippen molar-refractivity contribution < 1.29 is 14.6 Å². The van der Waals surface area contributed by atoms with Gasteiger partial charge < -0.3 is 14.6 Å². The Morgan fingerprint density at radius 1 is 1.00 bits per heavy atom. The minimum absolute atomic E-state index is 0.286. The smallest absolute Gasteiger partial charge is 0.131 e. The summed E-state index contributed by atoms with van der Waals surface area (Å²) >= 11 is 0. The van der Waals surface area contributed by atoms with E-state index in [0.717, 1.165) is 29.9 Å². The SMILES string of the molecule is COc1cc2c3c(c1)COc1cc(O)cc(c1-3)CC2. The lowest BCUT2D eigenvalue weighted by Gasteiger charge is -2.29. The van der Waals surface area contributed by atoms with E-state index in [2.05, 4.69) is 6.07 Å². The molecule has 0 aromatic heterocycles. The zero-order valence-electron chi connectivity index (χ0n) is 10.7. The molecule has 0 amide bonds. The maximum atomic E-state index is 9.75. The van der Waals surface area contributed by atoms with E-state index in [9.17, 15) is 5.11 Å². The van der Waals surface area contributed by atoms with Gasteiger partial charge in [-0.05, 0) is 47.7 Å². The number of ether oxygens (including phenoxy) is 2. The van der Waals surface area contributed by atoms with Crippen molar-refractivity contribution in [3.05, 3.63) is 41.0 Å². The van der Waals surface area contributed by atoms with Crippen LogP contribution in [0.4, 0.5) is 0 Å². The van der Waals surface area contributed by atoms with Gasteiger partial charge in [0.15, 0.2) is 0 Å². The minimum atomic E-state index is 0.286. The molecule has 0 spiro atoms. The summed E-state index contributed by atoms with van der Waals surface area (Å²) in [5.41, 5.74) is 6.10. The molecular formula is C16H14O3. The van der Waals surface area contributed by atoms with Crippen LogP contribution in [0, 0.1) is 0 Å². The van der Waals surface area contributed by atoms with Gasteiger partial charge in [0.1, 0.15) is 23.9 Å². The van der Waals surface area contributed by atoms with Gasteiger partial charge in [-0.25, -0.2) is 0 Å². The lowest BCUT2D eigenvalue weighted by molar-refractivity contribution is 0.298. The first-order valence-corrected chi connectivity index (χ1v) is 6.45. The maximum Gasteiger partial charge on any atom is 0.131 e. The molecule has 1 N–H and O–H groups in total. The molecule has 96 valence electrons. The van der Waals surface area contributed by atoms with E-state index in [4.69, 9.17) is 9.47 Å². The predicted octanol–water partition coefficient (Wildman–Crippen LogP) is 3.06. The van der Waals surface area contributed by atoms with Crippen LogP contribution in [-0.4, -0.2) is 12.2 Å². The Labute approximate surface area is 111 Å². The quantitative estimate of drug-likeness (QED) is 0.850. The fourth-order valence-electron chi connectivity index (χ4n) is 3.16. The molecule has 2 aromatic carbocycles. The Hall–Kier alpha value is -2.16. The van der Waals surface area contributed by atoms with Gasteiger partial charge >= 0.3 is 0 Å². The van der Waals surface area contributed by atoms with E-state index in [1.54, 1.807) is 13.2 Å². The molecule has 1 aliphatic heterocycles. The Kier molecular flexibility index (Phi) is 2.07. The maximum absolute atomic E-state index is 9.75. The molecule has 3 nitrogen and oxygen atoms in total. The predicted molar refractivity (Wildman–Crippen MR) is 71.8 cm³/mol. The third-order valence-electron chi connectivity index (χ3n) is 3.98. The van der Waals surface area contributed by atoms with E-state index < -0.39 is 0 Å². The number of benzene rings is 2. The van der Waals surface area contributed by atoms with Gasteiger partial charge in [0.05, 0.1) is 7.11 Å². The Morgan fingerprint density at radius 2 is 1.74 bits per heavy atom. The number of phenolic OH excluding ortho intramolecular Hbond substituents is 1.